The first-order valence-corrected chi connectivity index (χ1v) is 14.2. The number of carbonyl (C=O) groups is 2. The molecule has 8 nitrogen and oxygen atoms in total. The molecular formula is C31H33N5O3S. The number of rotatable bonds is 7. The third kappa shape index (κ3) is 5.60. The third-order valence-electron chi connectivity index (χ3n) is 6.73. The van der Waals surface area contributed by atoms with Crippen molar-refractivity contribution in [2.75, 3.05) is 24.3 Å². The molecule has 0 spiro atoms. The molecule has 0 aliphatic carbocycles. The quantitative estimate of drug-likeness (QED) is 0.338. The monoisotopic (exact) mass is 555 g/mol. The Morgan fingerprint density at radius 3 is 2.45 bits per heavy atom. The molecule has 40 heavy (non-hydrogen) atoms. The number of para-hydroxylation sites is 1. The maximum Gasteiger partial charge on any atom is 0.240 e. The van der Waals surface area contributed by atoms with Gasteiger partial charge < -0.3 is 10.1 Å². The van der Waals surface area contributed by atoms with Gasteiger partial charge in [0.1, 0.15) is 18.1 Å². The second kappa shape index (κ2) is 11.6. The summed E-state index contributed by atoms with van der Waals surface area (Å²) in [6, 6.07) is 21.6. The second-order valence-electron chi connectivity index (χ2n) is 10.6. The van der Waals surface area contributed by atoms with E-state index in [1.807, 2.05) is 71.4 Å². The normalized spacial score (nSPS) is 15.3. The molecule has 1 aliphatic rings. The first-order valence-electron chi connectivity index (χ1n) is 13.2. The minimum atomic E-state index is -0.469. The van der Waals surface area contributed by atoms with E-state index < -0.39 is 5.54 Å². The first-order chi connectivity index (χ1) is 19.3. The highest BCUT2D eigenvalue weighted by atomic mass is 32.2. The molecular weight excluding hydrogens is 522 g/mol. The third-order valence-corrected chi connectivity index (χ3v) is 7.97. The van der Waals surface area contributed by atoms with Crippen LogP contribution >= 0.6 is 11.8 Å². The number of nitrogens with one attached hydrogen (secondary N) is 1. The van der Waals surface area contributed by atoms with E-state index in [-0.39, 0.29) is 29.4 Å². The Balaban J connectivity index is 1.66. The van der Waals surface area contributed by atoms with Gasteiger partial charge in [-0.15, -0.1) is 11.8 Å². The van der Waals surface area contributed by atoms with Crippen LogP contribution in [0.4, 0.5) is 5.82 Å². The van der Waals surface area contributed by atoms with Crippen LogP contribution in [0.2, 0.25) is 0 Å². The number of fused-ring (bicyclic) bond motifs is 1. The molecule has 0 bridgehead atoms. The van der Waals surface area contributed by atoms with Crippen LogP contribution in [-0.2, 0) is 21.7 Å². The average Bonchev–Trinajstić information content (AvgIpc) is 3.31. The zero-order valence-corrected chi connectivity index (χ0v) is 23.9. The van der Waals surface area contributed by atoms with Crippen molar-refractivity contribution >= 4 is 29.4 Å². The first kappa shape index (κ1) is 27.5. The zero-order chi connectivity index (χ0) is 28.3. The highest BCUT2D eigenvalue weighted by Crippen LogP contribution is 2.50. The van der Waals surface area contributed by atoms with Gasteiger partial charge in [0.2, 0.25) is 11.8 Å². The summed E-state index contributed by atoms with van der Waals surface area (Å²) in [6.45, 7) is 6.39. The summed E-state index contributed by atoms with van der Waals surface area (Å²) in [5.41, 5.74) is 4.04. The molecule has 3 heterocycles. The number of anilines is 1. The molecule has 9 heteroatoms. The fourth-order valence-corrected chi connectivity index (χ4v) is 6.05. The molecule has 1 atom stereocenters. The lowest BCUT2D eigenvalue weighted by Crippen LogP contribution is -2.43. The van der Waals surface area contributed by atoms with Gasteiger partial charge in [-0.25, -0.2) is 4.68 Å². The summed E-state index contributed by atoms with van der Waals surface area (Å²) < 4.78 is 7.65. The van der Waals surface area contributed by atoms with E-state index in [9.17, 15) is 9.59 Å². The van der Waals surface area contributed by atoms with Gasteiger partial charge in [-0.2, -0.15) is 5.10 Å². The fourth-order valence-electron chi connectivity index (χ4n) is 4.83. The summed E-state index contributed by atoms with van der Waals surface area (Å²) in [4.78, 5) is 32.7. The molecule has 1 N–H and O–H groups in total. The van der Waals surface area contributed by atoms with Crippen LogP contribution in [0.25, 0.3) is 11.3 Å². The molecule has 0 fully saturated rings. The number of pyridine rings is 1. The van der Waals surface area contributed by atoms with Crippen molar-refractivity contribution in [1.82, 2.24) is 20.1 Å². The van der Waals surface area contributed by atoms with Crippen LogP contribution in [0.5, 0.6) is 5.75 Å². The highest BCUT2D eigenvalue weighted by molar-refractivity contribution is 8.00. The Bertz CT molecular complexity index is 1500. The van der Waals surface area contributed by atoms with Gasteiger partial charge >= 0.3 is 0 Å². The van der Waals surface area contributed by atoms with Gasteiger partial charge in [-0.3, -0.25) is 19.5 Å². The lowest BCUT2D eigenvalue weighted by atomic mass is 9.98. The lowest BCUT2D eigenvalue weighted by Gasteiger charge is -2.29. The number of amides is 2. The van der Waals surface area contributed by atoms with Crippen molar-refractivity contribution in [2.24, 2.45) is 0 Å². The number of methoxy groups -OCH3 is 1. The number of carbonyl (C=O) groups excluding carboxylic acids is 2. The molecule has 2 aromatic heterocycles. The summed E-state index contributed by atoms with van der Waals surface area (Å²) in [6.07, 6.45) is 3.38. The number of thioether (sulfide) groups is 1. The molecule has 1 unspecified atom stereocenters. The Labute approximate surface area is 238 Å². The summed E-state index contributed by atoms with van der Waals surface area (Å²) in [7, 11) is 1.66. The second-order valence-corrected chi connectivity index (χ2v) is 11.7. The van der Waals surface area contributed by atoms with Crippen LogP contribution in [0.1, 0.15) is 42.7 Å². The molecule has 0 saturated heterocycles. The maximum atomic E-state index is 13.8. The van der Waals surface area contributed by atoms with Gasteiger partial charge in [0.25, 0.3) is 0 Å². The Morgan fingerprint density at radius 1 is 1.05 bits per heavy atom. The van der Waals surface area contributed by atoms with E-state index in [4.69, 9.17) is 9.84 Å². The van der Waals surface area contributed by atoms with Crippen molar-refractivity contribution in [2.45, 2.75) is 38.1 Å². The number of hydrogen-bond donors (Lipinski definition) is 1. The Morgan fingerprint density at radius 2 is 1.75 bits per heavy atom. The molecule has 0 radical (unpaired) electrons. The van der Waals surface area contributed by atoms with Crippen LogP contribution in [0.3, 0.4) is 0 Å². The zero-order valence-electron chi connectivity index (χ0n) is 23.1. The molecule has 2 aromatic carbocycles. The number of ether oxygens (including phenoxy) is 1. The van der Waals surface area contributed by atoms with E-state index in [1.54, 1.807) is 24.4 Å². The topological polar surface area (TPSA) is 89.3 Å². The van der Waals surface area contributed by atoms with E-state index in [2.05, 4.69) is 31.1 Å². The smallest absolute Gasteiger partial charge is 0.240 e. The van der Waals surface area contributed by atoms with Gasteiger partial charge in [-0.1, -0.05) is 48.5 Å². The van der Waals surface area contributed by atoms with Crippen molar-refractivity contribution in [3.05, 3.63) is 95.8 Å². The molecule has 5 rings (SSSR count). The highest BCUT2D eigenvalue weighted by Gasteiger charge is 2.40. The summed E-state index contributed by atoms with van der Waals surface area (Å²) in [5.74, 6) is 1.18. The molecule has 4 aromatic rings. The predicted molar refractivity (Wildman–Crippen MR) is 158 cm³/mol. The SMILES string of the molecule is COc1ccccc1C1SCC(=O)N(CC(=O)NCc2ccncc2)c2c1c(-c1ccccc1)nn2C(C)(C)C. The van der Waals surface area contributed by atoms with Gasteiger partial charge in [0.15, 0.2) is 0 Å². The average molecular weight is 556 g/mol. The van der Waals surface area contributed by atoms with Gasteiger partial charge in [0, 0.05) is 35.6 Å². The van der Waals surface area contributed by atoms with Gasteiger partial charge in [0.05, 0.1) is 29.3 Å². The van der Waals surface area contributed by atoms with Crippen molar-refractivity contribution in [3.63, 3.8) is 0 Å². The van der Waals surface area contributed by atoms with E-state index in [1.165, 1.54) is 11.8 Å². The Hall–Kier alpha value is -4.11. The molecule has 206 valence electrons. The lowest BCUT2D eigenvalue weighted by molar-refractivity contribution is -0.123. The molecule has 2 amide bonds. The number of nitrogens with zero attached hydrogens (tertiary/aromatic N) is 4. The largest absolute Gasteiger partial charge is 0.496 e. The van der Waals surface area contributed by atoms with E-state index in [0.717, 1.165) is 33.7 Å². The number of hydrogen-bond acceptors (Lipinski definition) is 6. The van der Waals surface area contributed by atoms with Crippen LogP contribution in [-0.4, -0.2) is 46.0 Å². The maximum absolute atomic E-state index is 13.8. The van der Waals surface area contributed by atoms with E-state index in [0.29, 0.717) is 12.4 Å². The van der Waals surface area contributed by atoms with Crippen molar-refractivity contribution in [1.29, 1.82) is 0 Å². The molecule has 1 aliphatic heterocycles. The minimum absolute atomic E-state index is 0.119. The summed E-state index contributed by atoms with van der Waals surface area (Å²) in [5, 5.41) is 7.84. The van der Waals surface area contributed by atoms with Crippen LogP contribution < -0.4 is 15.0 Å². The summed E-state index contributed by atoms with van der Waals surface area (Å²) >= 11 is 1.53. The van der Waals surface area contributed by atoms with Crippen molar-refractivity contribution in [3.8, 4) is 17.0 Å². The minimum Gasteiger partial charge on any atom is -0.496 e. The fraction of sp³-hybridized carbons (Fsp3) is 0.290. The van der Waals surface area contributed by atoms with Crippen LogP contribution in [0, 0.1) is 0 Å². The standard InChI is InChI=1S/C31H33N5O3S/c1-31(2,3)36-30-27(28(34-36)22-10-6-5-7-11-22)29(23-12-8-9-13-24(23)39-4)40-20-26(38)35(30)19-25(37)33-18-21-14-16-32-17-15-21/h5-17,29H,18-20H2,1-4H3,(H,33,37). The number of aromatic nitrogens is 3. The van der Waals surface area contributed by atoms with E-state index >= 15 is 0 Å². The molecule has 0 saturated carbocycles. The van der Waals surface area contributed by atoms with Crippen molar-refractivity contribution < 1.29 is 14.3 Å². The van der Waals surface area contributed by atoms with Gasteiger partial charge in [-0.05, 0) is 44.5 Å². The predicted octanol–water partition coefficient (Wildman–Crippen LogP) is 5.19. The number of benzene rings is 2. The Kier molecular flexibility index (Phi) is 7.93. The van der Waals surface area contributed by atoms with Crippen LogP contribution in [0.15, 0.2) is 79.1 Å².